The summed E-state index contributed by atoms with van der Waals surface area (Å²) < 4.78 is 10.0. The van der Waals surface area contributed by atoms with Crippen LogP contribution in [0, 0.1) is 11.8 Å². The Balaban J connectivity index is 1.90. The van der Waals surface area contributed by atoms with E-state index >= 15 is 0 Å². The lowest BCUT2D eigenvalue weighted by Crippen LogP contribution is -2.35. The molecule has 2 fully saturated rings. The van der Waals surface area contributed by atoms with Crippen LogP contribution < -0.4 is 0 Å². The standard InChI is InChI=1S/C15H23NO4/c1-15(2,3)20-14(18)16-8-11-5-10(6-12(11)9-16)7-13(17)19-4/h7,11-12H,5-6,8-9H2,1-4H3/t11-,12?/m0/s1. The number of amides is 1. The number of allylic oxidation sites excluding steroid dienone is 1. The number of esters is 1. The van der Waals surface area contributed by atoms with Crippen molar-refractivity contribution in [2.75, 3.05) is 20.2 Å². The van der Waals surface area contributed by atoms with Gasteiger partial charge in [-0.3, -0.25) is 0 Å². The molecule has 2 atom stereocenters. The van der Waals surface area contributed by atoms with Gasteiger partial charge in [0.05, 0.1) is 7.11 Å². The van der Waals surface area contributed by atoms with Crippen LogP contribution in [0.5, 0.6) is 0 Å². The molecule has 0 aromatic rings. The van der Waals surface area contributed by atoms with Crippen molar-refractivity contribution in [2.24, 2.45) is 11.8 Å². The van der Waals surface area contributed by atoms with Crippen LogP contribution in [-0.2, 0) is 14.3 Å². The number of hydrogen-bond acceptors (Lipinski definition) is 4. The number of fused-ring (bicyclic) bond motifs is 1. The Bertz CT molecular complexity index is 420. The van der Waals surface area contributed by atoms with Crippen LogP contribution in [0.3, 0.4) is 0 Å². The topological polar surface area (TPSA) is 55.8 Å². The van der Waals surface area contributed by atoms with Crippen LogP contribution in [0.15, 0.2) is 11.6 Å². The first-order valence-electron chi connectivity index (χ1n) is 7.04. The minimum atomic E-state index is -0.454. The Morgan fingerprint density at radius 3 is 2.20 bits per heavy atom. The molecule has 112 valence electrons. The van der Waals surface area contributed by atoms with Crippen LogP contribution in [-0.4, -0.2) is 42.8 Å². The first-order valence-corrected chi connectivity index (χ1v) is 7.04. The quantitative estimate of drug-likeness (QED) is 0.547. The van der Waals surface area contributed by atoms with E-state index < -0.39 is 5.60 Å². The van der Waals surface area contributed by atoms with E-state index in [4.69, 9.17) is 4.74 Å². The summed E-state index contributed by atoms with van der Waals surface area (Å²) >= 11 is 0. The second-order valence-corrected chi connectivity index (χ2v) is 6.64. The van der Waals surface area contributed by atoms with Crippen LogP contribution in [0.1, 0.15) is 33.6 Å². The summed E-state index contributed by atoms with van der Waals surface area (Å²) in [4.78, 5) is 25.0. The molecule has 1 amide bonds. The van der Waals surface area contributed by atoms with Crippen molar-refractivity contribution in [1.82, 2.24) is 4.90 Å². The molecule has 1 aliphatic heterocycles. The predicted molar refractivity (Wildman–Crippen MR) is 74.1 cm³/mol. The third-order valence-electron chi connectivity index (χ3n) is 3.80. The van der Waals surface area contributed by atoms with Crippen LogP contribution in [0.4, 0.5) is 4.79 Å². The number of likely N-dealkylation sites (tertiary alicyclic amines) is 1. The van der Waals surface area contributed by atoms with Gasteiger partial charge in [0.15, 0.2) is 0 Å². The van der Waals surface area contributed by atoms with Crippen molar-refractivity contribution in [3.63, 3.8) is 0 Å². The van der Waals surface area contributed by atoms with Gasteiger partial charge < -0.3 is 14.4 Å². The smallest absolute Gasteiger partial charge is 0.410 e. The first kappa shape index (κ1) is 14.9. The third kappa shape index (κ3) is 3.52. The van der Waals surface area contributed by atoms with E-state index in [-0.39, 0.29) is 12.1 Å². The summed E-state index contributed by atoms with van der Waals surface area (Å²) in [6.45, 7) is 7.06. The van der Waals surface area contributed by atoms with Crippen molar-refractivity contribution in [3.05, 3.63) is 11.6 Å². The molecule has 2 rings (SSSR count). The van der Waals surface area contributed by atoms with Gasteiger partial charge in [-0.05, 0) is 45.4 Å². The summed E-state index contributed by atoms with van der Waals surface area (Å²) in [5, 5.41) is 0. The monoisotopic (exact) mass is 281 g/mol. The van der Waals surface area contributed by atoms with Crippen LogP contribution in [0.25, 0.3) is 0 Å². The molecule has 0 aromatic carbocycles. The molecule has 0 bridgehead atoms. The zero-order valence-electron chi connectivity index (χ0n) is 12.6. The van der Waals surface area contributed by atoms with Crippen molar-refractivity contribution in [1.29, 1.82) is 0 Å². The number of ether oxygens (including phenoxy) is 2. The highest BCUT2D eigenvalue weighted by Crippen LogP contribution is 2.41. The maximum Gasteiger partial charge on any atom is 0.410 e. The van der Waals surface area contributed by atoms with Gasteiger partial charge in [0.25, 0.3) is 0 Å². The molecule has 0 aromatic heterocycles. The summed E-state index contributed by atoms with van der Waals surface area (Å²) in [5.41, 5.74) is 0.681. The molecule has 1 saturated carbocycles. The van der Waals surface area contributed by atoms with E-state index in [0.29, 0.717) is 11.8 Å². The third-order valence-corrected chi connectivity index (χ3v) is 3.80. The second-order valence-electron chi connectivity index (χ2n) is 6.64. The summed E-state index contributed by atoms with van der Waals surface area (Å²) in [7, 11) is 1.39. The van der Waals surface area contributed by atoms with E-state index in [1.165, 1.54) is 7.11 Å². The number of methoxy groups -OCH3 is 1. The highest BCUT2D eigenvalue weighted by atomic mass is 16.6. The van der Waals surface area contributed by atoms with E-state index in [1.54, 1.807) is 11.0 Å². The van der Waals surface area contributed by atoms with Gasteiger partial charge in [0, 0.05) is 19.2 Å². The molecule has 0 spiro atoms. The van der Waals surface area contributed by atoms with Crippen LogP contribution >= 0.6 is 0 Å². The highest BCUT2D eigenvalue weighted by Gasteiger charge is 2.41. The fourth-order valence-electron chi connectivity index (χ4n) is 2.98. The Labute approximate surface area is 119 Å². The molecule has 1 saturated heterocycles. The molecule has 1 unspecified atom stereocenters. The largest absolute Gasteiger partial charge is 0.466 e. The number of rotatable bonds is 1. The molecule has 0 N–H and O–H groups in total. The molecule has 1 heterocycles. The summed E-state index contributed by atoms with van der Waals surface area (Å²) in [6, 6.07) is 0. The maximum absolute atomic E-state index is 12.0. The minimum Gasteiger partial charge on any atom is -0.466 e. The fraction of sp³-hybridized carbons (Fsp3) is 0.733. The minimum absolute atomic E-state index is 0.231. The van der Waals surface area contributed by atoms with Crippen LogP contribution in [0.2, 0.25) is 0 Å². The van der Waals surface area contributed by atoms with E-state index in [9.17, 15) is 9.59 Å². The fourth-order valence-corrected chi connectivity index (χ4v) is 2.98. The van der Waals surface area contributed by atoms with Gasteiger partial charge in [-0.2, -0.15) is 0 Å². The molecule has 1 aliphatic carbocycles. The molecule has 5 nitrogen and oxygen atoms in total. The van der Waals surface area contributed by atoms with Crippen molar-refractivity contribution >= 4 is 12.1 Å². The van der Waals surface area contributed by atoms with E-state index in [1.807, 2.05) is 20.8 Å². The lowest BCUT2D eigenvalue weighted by molar-refractivity contribution is -0.134. The van der Waals surface area contributed by atoms with Crippen molar-refractivity contribution < 1.29 is 19.1 Å². The highest BCUT2D eigenvalue weighted by molar-refractivity contribution is 5.82. The van der Waals surface area contributed by atoms with Crippen molar-refractivity contribution in [3.8, 4) is 0 Å². The first-order chi connectivity index (χ1) is 9.28. The molecule has 5 heteroatoms. The van der Waals surface area contributed by atoms with Gasteiger partial charge in [-0.25, -0.2) is 9.59 Å². The number of carbonyl (C=O) groups excluding carboxylic acids is 2. The molecular formula is C15H23NO4. The van der Waals surface area contributed by atoms with Gasteiger partial charge >= 0.3 is 12.1 Å². The Morgan fingerprint density at radius 1 is 1.20 bits per heavy atom. The molecular weight excluding hydrogens is 258 g/mol. The summed E-state index contributed by atoms with van der Waals surface area (Å²) in [5.74, 6) is 0.598. The Hall–Kier alpha value is -1.52. The lowest BCUT2D eigenvalue weighted by atomic mass is 10.0. The number of nitrogens with zero attached hydrogens (tertiary/aromatic N) is 1. The maximum atomic E-state index is 12.0. The van der Waals surface area contributed by atoms with Gasteiger partial charge in [-0.1, -0.05) is 5.57 Å². The molecule has 20 heavy (non-hydrogen) atoms. The van der Waals surface area contributed by atoms with E-state index in [0.717, 1.165) is 31.5 Å². The Morgan fingerprint density at radius 2 is 1.75 bits per heavy atom. The number of carbonyl (C=O) groups is 2. The zero-order chi connectivity index (χ0) is 14.9. The zero-order valence-corrected chi connectivity index (χ0v) is 12.6. The predicted octanol–water partition coefficient (Wildman–Crippen LogP) is 2.36. The molecule has 2 aliphatic rings. The van der Waals surface area contributed by atoms with E-state index in [2.05, 4.69) is 4.74 Å². The SMILES string of the molecule is COC(=O)C=C1CC2CN(C(=O)OC(C)(C)C)C[C@@H]2C1. The normalized spacial score (nSPS) is 27.6. The lowest BCUT2D eigenvalue weighted by Gasteiger charge is -2.24. The van der Waals surface area contributed by atoms with Crippen molar-refractivity contribution in [2.45, 2.75) is 39.2 Å². The van der Waals surface area contributed by atoms with Gasteiger partial charge in [0.1, 0.15) is 5.60 Å². The van der Waals surface area contributed by atoms with Gasteiger partial charge in [0.2, 0.25) is 0 Å². The second kappa shape index (κ2) is 5.46. The molecule has 0 radical (unpaired) electrons. The number of hydrogen-bond donors (Lipinski definition) is 0. The average molecular weight is 281 g/mol. The Kier molecular flexibility index (Phi) is 4.06. The summed E-state index contributed by atoms with van der Waals surface area (Å²) in [6.07, 6.45) is 3.11. The van der Waals surface area contributed by atoms with Gasteiger partial charge in [-0.15, -0.1) is 0 Å². The average Bonchev–Trinajstić information content (AvgIpc) is 2.84.